The molecule has 1 aromatic carbocycles. The van der Waals surface area contributed by atoms with E-state index in [0.717, 1.165) is 6.07 Å². The standard InChI is InChI=1S/C13H10F2N2O2S/c14-7-1-6-2-8(4-9(6)10(15)3-7)17-11(12(18)19)5-16-13(17)20/h1,3,5,8H,2,4H2,(H,16,20)(H,18,19). The largest absolute Gasteiger partial charge is 0.477 e. The monoisotopic (exact) mass is 296 g/mol. The van der Waals surface area contributed by atoms with Crippen molar-refractivity contribution in [2.24, 2.45) is 0 Å². The Morgan fingerprint density at radius 3 is 2.85 bits per heavy atom. The summed E-state index contributed by atoms with van der Waals surface area (Å²) in [6.45, 7) is 0. The van der Waals surface area contributed by atoms with Crippen LogP contribution in [0.25, 0.3) is 0 Å². The fraction of sp³-hybridized carbons (Fsp3) is 0.231. The molecule has 1 aliphatic carbocycles. The van der Waals surface area contributed by atoms with Crippen LogP contribution in [0.15, 0.2) is 18.3 Å². The van der Waals surface area contributed by atoms with Crippen molar-refractivity contribution in [3.8, 4) is 0 Å². The number of benzene rings is 1. The molecular weight excluding hydrogens is 286 g/mol. The number of carbonyl (C=O) groups is 1. The van der Waals surface area contributed by atoms with Gasteiger partial charge in [-0.25, -0.2) is 13.6 Å². The minimum Gasteiger partial charge on any atom is -0.477 e. The third kappa shape index (κ3) is 1.94. The second-order valence-electron chi connectivity index (χ2n) is 4.74. The molecule has 7 heteroatoms. The third-order valence-corrected chi connectivity index (χ3v) is 3.86. The second kappa shape index (κ2) is 4.52. The molecule has 0 saturated heterocycles. The predicted octanol–water partition coefficient (Wildman–Crippen LogP) is 2.86. The zero-order chi connectivity index (χ0) is 14.4. The molecule has 0 radical (unpaired) electrons. The number of fused-ring (bicyclic) bond motifs is 1. The molecule has 20 heavy (non-hydrogen) atoms. The molecule has 2 N–H and O–H groups in total. The summed E-state index contributed by atoms with van der Waals surface area (Å²) in [4.78, 5) is 13.8. The Morgan fingerprint density at radius 2 is 2.15 bits per heavy atom. The van der Waals surface area contributed by atoms with Crippen LogP contribution in [0.1, 0.15) is 27.7 Å². The number of H-pyrrole nitrogens is 1. The molecule has 1 atom stereocenters. The maximum atomic E-state index is 13.7. The fourth-order valence-corrected chi connectivity index (χ4v) is 3.02. The van der Waals surface area contributed by atoms with E-state index >= 15 is 0 Å². The normalized spacial score (nSPS) is 17.2. The second-order valence-corrected chi connectivity index (χ2v) is 5.13. The number of nitrogens with one attached hydrogen (secondary N) is 1. The summed E-state index contributed by atoms with van der Waals surface area (Å²) in [5.41, 5.74) is 1.01. The van der Waals surface area contributed by atoms with Crippen molar-refractivity contribution in [3.05, 3.63) is 51.6 Å². The summed E-state index contributed by atoms with van der Waals surface area (Å²) in [6, 6.07) is 1.82. The van der Waals surface area contributed by atoms with Crippen molar-refractivity contribution in [1.29, 1.82) is 0 Å². The maximum absolute atomic E-state index is 13.7. The lowest BCUT2D eigenvalue weighted by molar-refractivity contribution is 0.0682. The van der Waals surface area contributed by atoms with Crippen molar-refractivity contribution in [3.63, 3.8) is 0 Å². The smallest absolute Gasteiger partial charge is 0.354 e. The highest BCUT2D eigenvalue weighted by molar-refractivity contribution is 7.71. The van der Waals surface area contributed by atoms with Crippen molar-refractivity contribution in [2.45, 2.75) is 18.9 Å². The van der Waals surface area contributed by atoms with Crippen LogP contribution in [0, 0.1) is 16.4 Å². The maximum Gasteiger partial charge on any atom is 0.354 e. The van der Waals surface area contributed by atoms with Gasteiger partial charge in [-0.1, -0.05) is 0 Å². The van der Waals surface area contributed by atoms with E-state index in [4.69, 9.17) is 17.3 Å². The van der Waals surface area contributed by atoms with E-state index in [9.17, 15) is 13.6 Å². The SMILES string of the molecule is O=C(O)c1c[nH]c(=S)n1C1Cc2cc(F)cc(F)c2C1. The van der Waals surface area contributed by atoms with Gasteiger partial charge < -0.3 is 14.7 Å². The van der Waals surface area contributed by atoms with Crippen LogP contribution < -0.4 is 0 Å². The first kappa shape index (κ1) is 13.0. The summed E-state index contributed by atoms with van der Waals surface area (Å²) < 4.78 is 28.7. The van der Waals surface area contributed by atoms with Crippen LogP contribution in [0.5, 0.6) is 0 Å². The van der Waals surface area contributed by atoms with Gasteiger partial charge in [-0.3, -0.25) is 0 Å². The molecule has 0 bridgehead atoms. The first-order valence-corrected chi connectivity index (χ1v) is 6.38. The molecule has 1 aliphatic rings. The van der Waals surface area contributed by atoms with E-state index in [1.54, 1.807) is 0 Å². The van der Waals surface area contributed by atoms with Gasteiger partial charge in [-0.15, -0.1) is 0 Å². The summed E-state index contributed by atoms with van der Waals surface area (Å²) in [5.74, 6) is -2.33. The van der Waals surface area contributed by atoms with Crippen molar-refractivity contribution < 1.29 is 18.7 Å². The van der Waals surface area contributed by atoms with E-state index in [1.165, 1.54) is 16.8 Å². The number of aromatic carboxylic acids is 1. The Balaban J connectivity index is 2.05. The van der Waals surface area contributed by atoms with Gasteiger partial charge in [0.1, 0.15) is 17.3 Å². The van der Waals surface area contributed by atoms with Gasteiger partial charge >= 0.3 is 5.97 Å². The van der Waals surface area contributed by atoms with Crippen LogP contribution in [0.4, 0.5) is 8.78 Å². The average Bonchev–Trinajstić information content (AvgIpc) is 2.92. The predicted molar refractivity (Wildman–Crippen MR) is 69.4 cm³/mol. The zero-order valence-corrected chi connectivity index (χ0v) is 11.0. The van der Waals surface area contributed by atoms with E-state index < -0.39 is 17.6 Å². The van der Waals surface area contributed by atoms with Gasteiger partial charge in [0.15, 0.2) is 4.77 Å². The number of halogens is 2. The molecule has 0 spiro atoms. The minimum atomic E-state index is -1.11. The highest BCUT2D eigenvalue weighted by Gasteiger charge is 2.29. The van der Waals surface area contributed by atoms with E-state index in [2.05, 4.69) is 4.98 Å². The van der Waals surface area contributed by atoms with E-state index in [-0.39, 0.29) is 16.5 Å². The van der Waals surface area contributed by atoms with Crippen LogP contribution >= 0.6 is 12.2 Å². The lowest BCUT2D eigenvalue weighted by Crippen LogP contribution is -2.15. The molecule has 3 rings (SSSR count). The number of imidazole rings is 1. The highest BCUT2D eigenvalue weighted by atomic mass is 32.1. The number of carboxylic acids is 1. The molecule has 0 saturated carbocycles. The first-order chi connectivity index (χ1) is 9.47. The summed E-state index contributed by atoms with van der Waals surface area (Å²) >= 11 is 5.07. The van der Waals surface area contributed by atoms with E-state index in [1.807, 2.05) is 0 Å². The summed E-state index contributed by atoms with van der Waals surface area (Å²) in [6.07, 6.45) is 1.97. The lowest BCUT2D eigenvalue weighted by atomic mass is 10.1. The highest BCUT2D eigenvalue weighted by Crippen LogP contribution is 2.33. The van der Waals surface area contributed by atoms with Gasteiger partial charge in [0.2, 0.25) is 0 Å². The Labute approximate surface area is 117 Å². The van der Waals surface area contributed by atoms with Gasteiger partial charge in [0, 0.05) is 18.3 Å². The quantitative estimate of drug-likeness (QED) is 0.838. The Hall–Kier alpha value is -2.02. The van der Waals surface area contributed by atoms with E-state index in [0.29, 0.717) is 24.0 Å². The lowest BCUT2D eigenvalue weighted by Gasteiger charge is -2.13. The Kier molecular flexibility index (Phi) is 2.93. The number of aromatic amines is 1. The number of hydrogen-bond acceptors (Lipinski definition) is 2. The molecule has 2 aromatic rings. The van der Waals surface area contributed by atoms with Gasteiger partial charge in [-0.2, -0.15) is 0 Å². The van der Waals surface area contributed by atoms with Gasteiger partial charge in [-0.05, 0) is 42.3 Å². The zero-order valence-electron chi connectivity index (χ0n) is 10.2. The van der Waals surface area contributed by atoms with Crippen molar-refractivity contribution in [2.75, 3.05) is 0 Å². The molecule has 0 amide bonds. The van der Waals surface area contributed by atoms with Gasteiger partial charge in [0.25, 0.3) is 0 Å². The minimum absolute atomic E-state index is 0.0219. The number of carboxylic acid groups (broad SMARTS) is 1. The number of rotatable bonds is 2. The van der Waals surface area contributed by atoms with Crippen LogP contribution in [-0.4, -0.2) is 20.6 Å². The number of nitrogens with zero attached hydrogens (tertiary/aromatic N) is 1. The Morgan fingerprint density at radius 1 is 1.40 bits per heavy atom. The fourth-order valence-electron chi connectivity index (χ4n) is 2.72. The van der Waals surface area contributed by atoms with Crippen LogP contribution in [0.2, 0.25) is 0 Å². The van der Waals surface area contributed by atoms with Crippen LogP contribution in [0.3, 0.4) is 0 Å². The molecule has 1 heterocycles. The van der Waals surface area contributed by atoms with Crippen molar-refractivity contribution >= 4 is 18.2 Å². The Bertz CT molecular complexity index is 766. The topological polar surface area (TPSA) is 58.0 Å². The molecule has 104 valence electrons. The molecular formula is C13H10F2N2O2S. The summed E-state index contributed by atoms with van der Waals surface area (Å²) in [7, 11) is 0. The molecule has 1 aromatic heterocycles. The molecule has 4 nitrogen and oxygen atoms in total. The third-order valence-electron chi connectivity index (χ3n) is 3.54. The van der Waals surface area contributed by atoms with Gasteiger partial charge in [0.05, 0.1) is 0 Å². The molecule has 0 fully saturated rings. The van der Waals surface area contributed by atoms with Crippen molar-refractivity contribution in [1.82, 2.24) is 9.55 Å². The first-order valence-electron chi connectivity index (χ1n) is 5.97. The average molecular weight is 296 g/mol. The number of aromatic nitrogens is 2. The number of hydrogen-bond donors (Lipinski definition) is 2. The molecule has 0 aliphatic heterocycles. The summed E-state index contributed by atoms with van der Waals surface area (Å²) in [5, 5.41) is 9.13. The van der Waals surface area contributed by atoms with Crippen LogP contribution in [-0.2, 0) is 12.8 Å². The molecule has 1 unspecified atom stereocenters.